The van der Waals surface area contributed by atoms with Crippen molar-refractivity contribution < 1.29 is 4.74 Å². The van der Waals surface area contributed by atoms with Crippen molar-refractivity contribution >= 4 is 0 Å². The maximum atomic E-state index is 5.82. The number of ether oxygens (including phenoxy) is 1. The van der Waals surface area contributed by atoms with Crippen LogP contribution < -0.4 is 10.1 Å². The van der Waals surface area contributed by atoms with Crippen LogP contribution in [-0.2, 0) is 6.54 Å². The molecule has 1 saturated carbocycles. The normalized spacial score (nSPS) is 14.4. The molecule has 0 spiro atoms. The number of aromatic nitrogens is 1. The highest BCUT2D eigenvalue weighted by molar-refractivity contribution is 5.39. The standard InChI is InChI=1S/C16H18N2O/c1-12-9-13(10-18-14-5-6-14)4-7-16(12)19-15-3-2-8-17-11-15/h2-4,7-9,11,14,18H,5-6,10H2,1H3. The minimum absolute atomic E-state index is 0.742. The van der Waals surface area contributed by atoms with Crippen LogP contribution in [-0.4, -0.2) is 11.0 Å². The molecule has 1 N–H and O–H groups in total. The molecule has 1 heterocycles. The van der Waals surface area contributed by atoms with Crippen LogP contribution in [0, 0.1) is 6.92 Å². The van der Waals surface area contributed by atoms with Gasteiger partial charge in [-0.25, -0.2) is 0 Å². The first-order chi connectivity index (χ1) is 9.31. The van der Waals surface area contributed by atoms with E-state index in [1.807, 2.05) is 18.2 Å². The predicted molar refractivity (Wildman–Crippen MR) is 75.4 cm³/mol. The Morgan fingerprint density at radius 2 is 2.21 bits per heavy atom. The molecule has 0 aliphatic heterocycles. The summed E-state index contributed by atoms with van der Waals surface area (Å²) >= 11 is 0. The summed E-state index contributed by atoms with van der Waals surface area (Å²) in [6.07, 6.45) is 6.11. The van der Waals surface area contributed by atoms with Crippen molar-refractivity contribution in [3.63, 3.8) is 0 Å². The fourth-order valence-corrected chi connectivity index (χ4v) is 2.02. The summed E-state index contributed by atoms with van der Waals surface area (Å²) in [7, 11) is 0. The summed E-state index contributed by atoms with van der Waals surface area (Å²) in [4.78, 5) is 4.05. The molecule has 1 aliphatic rings. The van der Waals surface area contributed by atoms with E-state index in [-0.39, 0.29) is 0 Å². The molecular formula is C16H18N2O. The van der Waals surface area contributed by atoms with E-state index in [9.17, 15) is 0 Å². The van der Waals surface area contributed by atoms with Gasteiger partial charge in [0.2, 0.25) is 0 Å². The maximum absolute atomic E-state index is 5.82. The first-order valence-electron chi connectivity index (χ1n) is 6.72. The zero-order valence-corrected chi connectivity index (χ0v) is 11.1. The number of benzene rings is 1. The third kappa shape index (κ3) is 3.32. The number of hydrogen-bond acceptors (Lipinski definition) is 3. The topological polar surface area (TPSA) is 34.1 Å². The highest BCUT2D eigenvalue weighted by Crippen LogP contribution is 2.25. The molecule has 3 nitrogen and oxygen atoms in total. The quantitative estimate of drug-likeness (QED) is 0.887. The number of rotatable bonds is 5. The minimum atomic E-state index is 0.742. The van der Waals surface area contributed by atoms with Crippen molar-refractivity contribution in [2.24, 2.45) is 0 Å². The number of hydrogen-bond donors (Lipinski definition) is 1. The lowest BCUT2D eigenvalue weighted by Gasteiger charge is -2.10. The second-order valence-corrected chi connectivity index (χ2v) is 5.05. The van der Waals surface area contributed by atoms with Crippen LogP contribution >= 0.6 is 0 Å². The molecule has 1 aromatic heterocycles. The Morgan fingerprint density at radius 1 is 1.32 bits per heavy atom. The molecule has 19 heavy (non-hydrogen) atoms. The van der Waals surface area contributed by atoms with Gasteiger partial charge in [-0.2, -0.15) is 0 Å². The van der Waals surface area contributed by atoms with Gasteiger partial charge in [0.25, 0.3) is 0 Å². The Hall–Kier alpha value is -1.87. The molecule has 1 aliphatic carbocycles. The van der Waals surface area contributed by atoms with Gasteiger partial charge in [-0.1, -0.05) is 12.1 Å². The van der Waals surface area contributed by atoms with E-state index in [1.54, 1.807) is 12.4 Å². The van der Waals surface area contributed by atoms with E-state index in [0.717, 1.165) is 29.6 Å². The summed E-state index contributed by atoms with van der Waals surface area (Å²) in [6, 6.07) is 10.9. The molecule has 1 fully saturated rings. The predicted octanol–water partition coefficient (Wildman–Crippen LogP) is 3.43. The van der Waals surface area contributed by atoms with Gasteiger partial charge >= 0.3 is 0 Å². The van der Waals surface area contributed by atoms with E-state index in [2.05, 4.69) is 29.4 Å². The van der Waals surface area contributed by atoms with Crippen LogP contribution in [0.15, 0.2) is 42.7 Å². The Labute approximate surface area is 113 Å². The molecule has 0 unspecified atom stereocenters. The van der Waals surface area contributed by atoms with Crippen LogP contribution in [0.5, 0.6) is 11.5 Å². The lowest BCUT2D eigenvalue weighted by molar-refractivity contribution is 0.476. The third-order valence-electron chi connectivity index (χ3n) is 3.27. The van der Waals surface area contributed by atoms with Gasteiger partial charge in [-0.3, -0.25) is 4.98 Å². The van der Waals surface area contributed by atoms with Crippen molar-refractivity contribution in [3.8, 4) is 11.5 Å². The Kier molecular flexibility index (Phi) is 3.47. The second kappa shape index (κ2) is 5.41. The number of pyridine rings is 1. The minimum Gasteiger partial charge on any atom is -0.455 e. The van der Waals surface area contributed by atoms with Gasteiger partial charge < -0.3 is 10.1 Å². The fourth-order valence-electron chi connectivity index (χ4n) is 2.02. The fraction of sp³-hybridized carbons (Fsp3) is 0.312. The van der Waals surface area contributed by atoms with E-state index in [1.165, 1.54) is 18.4 Å². The lowest BCUT2D eigenvalue weighted by Crippen LogP contribution is -2.15. The van der Waals surface area contributed by atoms with Crippen molar-refractivity contribution in [1.82, 2.24) is 10.3 Å². The summed E-state index contributed by atoms with van der Waals surface area (Å²) in [5, 5.41) is 3.52. The summed E-state index contributed by atoms with van der Waals surface area (Å²) in [6.45, 7) is 3.02. The van der Waals surface area contributed by atoms with Crippen LogP contribution in [0.2, 0.25) is 0 Å². The van der Waals surface area contributed by atoms with Crippen LogP contribution in [0.4, 0.5) is 0 Å². The van der Waals surface area contributed by atoms with Gasteiger partial charge in [-0.15, -0.1) is 0 Å². The molecule has 3 heteroatoms. The van der Waals surface area contributed by atoms with E-state index < -0.39 is 0 Å². The van der Waals surface area contributed by atoms with Crippen molar-refractivity contribution in [3.05, 3.63) is 53.9 Å². The van der Waals surface area contributed by atoms with Gasteiger partial charge in [-0.05, 0) is 49.1 Å². The number of nitrogens with zero attached hydrogens (tertiary/aromatic N) is 1. The molecule has 2 aromatic rings. The van der Waals surface area contributed by atoms with Crippen molar-refractivity contribution in [2.75, 3.05) is 0 Å². The van der Waals surface area contributed by atoms with E-state index in [0.29, 0.717) is 0 Å². The van der Waals surface area contributed by atoms with E-state index >= 15 is 0 Å². The van der Waals surface area contributed by atoms with Gasteiger partial charge in [0.15, 0.2) is 0 Å². The molecular weight excluding hydrogens is 236 g/mol. The highest BCUT2D eigenvalue weighted by atomic mass is 16.5. The lowest BCUT2D eigenvalue weighted by atomic mass is 10.1. The summed E-state index contributed by atoms with van der Waals surface area (Å²) in [5.41, 5.74) is 2.46. The van der Waals surface area contributed by atoms with Gasteiger partial charge in [0.1, 0.15) is 11.5 Å². The first-order valence-corrected chi connectivity index (χ1v) is 6.72. The first kappa shape index (κ1) is 12.2. The zero-order chi connectivity index (χ0) is 13.1. The molecule has 0 atom stereocenters. The van der Waals surface area contributed by atoms with Gasteiger partial charge in [0.05, 0.1) is 6.20 Å². The Balaban J connectivity index is 1.68. The van der Waals surface area contributed by atoms with Gasteiger partial charge in [0, 0.05) is 18.8 Å². The molecule has 0 amide bonds. The smallest absolute Gasteiger partial charge is 0.145 e. The molecule has 3 rings (SSSR count). The monoisotopic (exact) mass is 254 g/mol. The molecule has 0 radical (unpaired) electrons. The third-order valence-corrected chi connectivity index (χ3v) is 3.27. The largest absolute Gasteiger partial charge is 0.455 e. The molecule has 0 saturated heterocycles. The van der Waals surface area contributed by atoms with Crippen molar-refractivity contribution in [1.29, 1.82) is 0 Å². The van der Waals surface area contributed by atoms with Crippen LogP contribution in [0.3, 0.4) is 0 Å². The SMILES string of the molecule is Cc1cc(CNC2CC2)ccc1Oc1cccnc1. The summed E-state index contributed by atoms with van der Waals surface area (Å²) in [5.74, 6) is 1.66. The zero-order valence-electron chi connectivity index (χ0n) is 11.1. The average Bonchev–Trinajstić information content (AvgIpc) is 3.25. The maximum Gasteiger partial charge on any atom is 0.145 e. The summed E-state index contributed by atoms with van der Waals surface area (Å²) < 4.78 is 5.82. The van der Waals surface area contributed by atoms with Crippen LogP contribution in [0.1, 0.15) is 24.0 Å². The van der Waals surface area contributed by atoms with Crippen molar-refractivity contribution in [2.45, 2.75) is 32.4 Å². The molecule has 98 valence electrons. The Morgan fingerprint density at radius 3 is 2.89 bits per heavy atom. The highest BCUT2D eigenvalue weighted by Gasteiger charge is 2.19. The van der Waals surface area contributed by atoms with E-state index in [4.69, 9.17) is 4.74 Å². The molecule has 1 aromatic carbocycles. The average molecular weight is 254 g/mol. The number of aryl methyl sites for hydroxylation is 1. The molecule has 0 bridgehead atoms. The second-order valence-electron chi connectivity index (χ2n) is 5.05. The Bertz CT molecular complexity index is 550. The van der Waals surface area contributed by atoms with Crippen LogP contribution in [0.25, 0.3) is 0 Å². The number of nitrogens with one attached hydrogen (secondary N) is 1.